The number of alkyl halides is 3. The molecule has 1 saturated heterocycles. The molecule has 0 aromatic heterocycles. The molecule has 212 valence electrons. The molecule has 6 nitrogen and oxygen atoms in total. The Balaban J connectivity index is 1.38. The Hall–Kier alpha value is -3.38. The molecule has 2 aromatic carbocycles. The summed E-state index contributed by atoms with van der Waals surface area (Å²) in [6, 6.07) is 13.3. The van der Waals surface area contributed by atoms with Gasteiger partial charge in [0, 0.05) is 19.5 Å². The van der Waals surface area contributed by atoms with Gasteiger partial charge in [-0.25, -0.2) is 13.2 Å². The number of carbonyl (C=O) groups excluding carboxylic acids is 2. The normalized spacial score (nSPS) is 20.2. The van der Waals surface area contributed by atoms with Crippen LogP contribution in [0.2, 0.25) is 0 Å². The summed E-state index contributed by atoms with van der Waals surface area (Å²) in [6.45, 7) is 4.18. The van der Waals surface area contributed by atoms with Crippen molar-refractivity contribution < 1.29 is 22.8 Å². The van der Waals surface area contributed by atoms with E-state index in [1.165, 1.54) is 26.0 Å². The van der Waals surface area contributed by atoms with Crippen LogP contribution in [0.15, 0.2) is 48.5 Å². The lowest BCUT2D eigenvalue weighted by Crippen LogP contribution is -2.53. The summed E-state index contributed by atoms with van der Waals surface area (Å²) in [5.74, 6) is -0.648. The Morgan fingerprint density at radius 2 is 1.57 bits per heavy atom. The van der Waals surface area contributed by atoms with Gasteiger partial charge in [0.15, 0.2) is 0 Å². The number of hydrogen-bond donors (Lipinski definition) is 1. The van der Waals surface area contributed by atoms with Crippen molar-refractivity contribution in [3.63, 3.8) is 0 Å². The highest BCUT2D eigenvalue weighted by atomic mass is 19.3. The summed E-state index contributed by atoms with van der Waals surface area (Å²) >= 11 is 0. The van der Waals surface area contributed by atoms with Gasteiger partial charge in [-0.1, -0.05) is 48.5 Å². The fraction of sp³-hybridized carbons (Fsp3) is 0.516. The van der Waals surface area contributed by atoms with Crippen LogP contribution in [0, 0.1) is 11.3 Å². The quantitative estimate of drug-likeness (QED) is 0.435. The van der Waals surface area contributed by atoms with Gasteiger partial charge < -0.3 is 15.5 Å². The molecule has 0 radical (unpaired) electrons. The van der Waals surface area contributed by atoms with E-state index in [0.717, 1.165) is 53.9 Å². The number of benzene rings is 2. The van der Waals surface area contributed by atoms with Crippen molar-refractivity contribution in [1.29, 1.82) is 5.26 Å². The van der Waals surface area contributed by atoms with E-state index < -0.39 is 41.0 Å². The molecule has 2 N–H and O–H groups in total. The molecule has 2 amide bonds. The first-order valence-electron chi connectivity index (χ1n) is 13.9. The first kappa shape index (κ1) is 28.2. The fourth-order valence-electron chi connectivity index (χ4n) is 5.76. The van der Waals surface area contributed by atoms with E-state index in [1.807, 2.05) is 35.2 Å². The molecule has 2 atom stereocenters. The molecule has 9 heteroatoms. The zero-order chi connectivity index (χ0) is 28.9. The number of rotatable bonds is 10. The maximum atomic E-state index is 14.6. The summed E-state index contributed by atoms with van der Waals surface area (Å²) in [4.78, 5) is 29.1. The minimum Gasteiger partial charge on any atom is -0.342 e. The van der Waals surface area contributed by atoms with Gasteiger partial charge in [0.1, 0.15) is 17.2 Å². The van der Waals surface area contributed by atoms with Crippen molar-refractivity contribution in [3.05, 3.63) is 59.7 Å². The average molecular weight is 553 g/mol. The average Bonchev–Trinajstić information content (AvgIpc) is 3.80. The third-order valence-corrected chi connectivity index (χ3v) is 8.50. The van der Waals surface area contributed by atoms with E-state index in [-0.39, 0.29) is 30.7 Å². The Labute approximate surface area is 232 Å². The number of likely N-dealkylation sites (tertiary alicyclic amines) is 1. The number of nitriles is 1. The standard InChI is InChI=1S/C31H35F3N4O2/c1-29(2,34)18-24(36)27(39)38(30(19-35)12-13-30)25(26(32)33)22-6-4-20(5-7-22)21-8-10-23(11-9-21)31(14-15-31)28(40)37-16-3-17-37/h4-11,24-26H,3,12-18,36H2,1-2H3/t24-,25-/m0/s1. The number of nitrogens with zero attached hydrogens (tertiary/aromatic N) is 3. The molecule has 40 heavy (non-hydrogen) atoms. The third kappa shape index (κ3) is 5.22. The number of nitrogens with two attached hydrogens (primary N) is 1. The van der Waals surface area contributed by atoms with E-state index in [2.05, 4.69) is 0 Å². The summed E-state index contributed by atoms with van der Waals surface area (Å²) < 4.78 is 43.4. The minimum atomic E-state index is -2.98. The summed E-state index contributed by atoms with van der Waals surface area (Å²) in [7, 11) is 0. The van der Waals surface area contributed by atoms with Crippen LogP contribution in [0.3, 0.4) is 0 Å². The molecule has 3 fully saturated rings. The second kappa shape index (κ2) is 10.2. The van der Waals surface area contributed by atoms with Crippen molar-refractivity contribution in [2.75, 3.05) is 13.1 Å². The lowest BCUT2D eigenvalue weighted by atomic mass is 9.91. The van der Waals surface area contributed by atoms with Crippen molar-refractivity contribution >= 4 is 11.8 Å². The summed E-state index contributed by atoms with van der Waals surface area (Å²) in [6.07, 6.45) is -0.0694. The van der Waals surface area contributed by atoms with E-state index >= 15 is 0 Å². The van der Waals surface area contributed by atoms with Crippen LogP contribution in [0.4, 0.5) is 13.2 Å². The van der Waals surface area contributed by atoms with Gasteiger partial charge in [0.05, 0.1) is 17.5 Å². The molecule has 1 aliphatic heterocycles. The SMILES string of the molecule is CC(C)(F)C[C@H](N)C(=O)N([C@@H](c1ccc(-c2ccc(C3(C(=O)N4CCC4)CC3)cc2)cc1)C(F)F)C1(C#N)CC1. The van der Waals surface area contributed by atoms with Crippen LogP contribution in [0.5, 0.6) is 0 Å². The number of carbonyl (C=O) groups is 2. The largest absolute Gasteiger partial charge is 0.342 e. The first-order chi connectivity index (χ1) is 18.9. The first-order valence-corrected chi connectivity index (χ1v) is 13.9. The van der Waals surface area contributed by atoms with Crippen LogP contribution in [-0.2, 0) is 15.0 Å². The maximum Gasteiger partial charge on any atom is 0.262 e. The monoisotopic (exact) mass is 552 g/mol. The highest BCUT2D eigenvalue weighted by molar-refractivity contribution is 5.92. The van der Waals surface area contributed by atoms with E-state index in [9.17, 15) is 28.0 Å². The number of amides is 2. The van der Waals surface area contributed by atoms with Crippen molar-refractivity contribution in [1.82, 2.24) is 9.80 Å². The van der Waals surface area contributed by atoms with Gasteiger partial charge in [0.25, 0.3) is 6.43 Å². The van der Waals surface area contributed by atoms with Crippen LogP contribution < -0.4 is 5.73 Å². The summed E-state index contributed by atoms with van der Waals surface area (Å²) in [5, 5.41) is 9.80. The molecule has 2 aliphatic carbocycles. The van der Waals surface area contributed by atoms with Gasteiger partial charge in [-0.2, -0.15) is 5.26 Å². The van der Waals surface area contributed by atoms with Gasteiger partial charge >= 0.3 is 0 Å². The molecule has 2 saturated carbocycles. The van der Waals surface area contributed by atoms with E-state index in [0.29, 0.717) is 0 Å². The molecular weight excluding hydrogens is 517 g/mol. The van der Waals surface area contributed by atoms with Crippen LogP contribution >= 0.6 is 0 Å². The molecule has 0 bridgehead atoms. The molecule has 1 heterocycles. The van der Waals surface area contributed by atoms with Gasteiger partial charge in [-0.15, -0.1) is 0 Å². The second-order valence-corrected chi connectivity index (χ2v) is 12.1. The van der Waals surface area contributed by atoms with Crippen molar-refractivity contribution in [2.45, 2.75) is 87.5 Å². The zero-order valence-corrected chi connectivity index (χ0v) is 22.9. The minimum absolute atomic E-state index is 0.175. The summed E-state index contributed by atoms with van der Waals surface area (Å²) in [5.41, 5.74) is 5.24. The smallest absolute Gasteiger partial charge is 0.262 e. The molecule has 2 aromatic rings. The van der Waals surface area contributed by atoms with Gasteiger partial charge in [0.2, 0.25) is 11.8 Å². The molecule has 0 unspecified atom stereocenters. The van der Waals surface area contributed by atoms with Crippen molar-refractivity contribution in [2.24, 2.45) is 5.73 Å². The predicted molar refractivity (Wildman–Crippen MR) is 145 cm³/mol. The molecule has 0 spiro atoms. The number of hydrogen-bond acceptors (Lipinski definition) is 4. The fourth-order valence-corrected chi connectivity index (χ4v) is 5.76. The maximum absolute atomic E-state index is 14.6. The van der Waals surface area contributed by atoms with Gasteiger partial charge in [-0.05, 0) is 68.2 Å². The molecule has 3 aliphatic rings. The molecular formula is C31H35F3N4O2. The zero-order valence-electron chi connectivity index (χ0n) is 22.9. The van der Waals surface area contributed by atoms with Crippen molar-refractivity contribution in [3.8, 4) is 17.2 Å². The Bertz CT molecular complexity index is 1300. The highest BCUT2D eigenvalue weighted by Gasteiger charge is 2.56. The van der Waals surface area contributed by atoms with Crippen LogP contribution in [0.25, 0.3) is 11.1 Å². The van der Waals surface area contributed by atoms with Gasteiger partial charge in [-0.3, -0.25) is 9.59 Å². The Morgan fingerprint density at radius 1 is 1.02 bits per heavy atom. The van der Waals surface area contributed by atoms with Crippen LogP contribution in [0.1, 0.15) is 69.5 Å². The number of halogens is 3. The van der Waals surface area contributed by atoms with E-state index in [1.54, 1.807) is 12.1 Å². The lowest BCUT2D eigenvalue weighted by molar-refractivity contribution is -0.143. The third-order valence-electron chi connectivity index (χ3n) is 8.50. The Kier molecular flexibility index (Phi) is 7.20. The molecule has 5 rings (SSSR count). The van der Waals surface area contributed by atoms with E-state index in [4.69, 9.17) is 5.73 Å². The second-order valence-electron chi connectivity index (χ2n) is 12.1. The Morgan fingerprint density at radius 3 is 1.98 bits per heavy atom. The predicted octanol–water partition coefficient (Wildman–Crippen LogP) is 5.27. The van der Waals surface area contributed by atoms with Crippen LogP contribution in [-0.4, -0.2) is 58.4 Å². The highest BCUT2D eigenvalue weighted by Crippen LogP contribution is 2.51. The lowest BCUT2D eigenvalue weighted by Gasteiger charge is -2.37. The topological polar surface area (TPSA) is 90.4 Å².